The summed E-state index contributed by atoms with van der Waals surface area (Å²) < 4.78 is 11.2. The summed E-state index contributed by atoms with van der Waals surface area (Å²) in [5.41, 5.74) is 13.3. The Kier molecular flexibility index (Phi) is 5.29. The highest BCUT2D eigenvalue weighted by atomic mass is 35.5. The predicted octanol–water partition coefficient (Wildman–Crippen LogP) is 3.42. The lowest BCUT2D eigenvalue weighted by Gasteiger charge is -2.14. The first-order valence-electron chi connectivity index (χ1n) is 7.90. The van der Waals surface area contributed by atoms with Gasteiger partial charge in [-0.05, 0) is 35.9 Å². The molecule has 3 rings (SSSR count). The molecule has 0 amide bonds. The van der Waals surface area contributed by atoms with Crippen LogP contribution in [-0.2, 0) is 6.61 Å². The fourth-order valence-electron chi connectivity index (χ4n) is 2.54. The highest BCUT2D eigenvalue weighted by Crippen LogP contribution is 2.35. The van der Waals surface area contributed by atoms with E-state index < -0.39 is 0 Å². The molecule has 27 heavy (non-hydrogen) atoms. The molecule has 0 saturated heterocycles. The van der Waals surface area contributed by atoms with Gasteiger partial charge in [-0.3, -0.25) is 0 Å². The summed E-state index contributed by atoms with van der Waals surface area (Å²) in [6.45, 7) is 0.282. The van der Waals surface area contributed by atoms with Crippen LogP contribution in [0.25, 0.3) is 11.3 Å². The number of ether oxygens (including phenoxy) is 2. The van der Waals surface area contributed by atoms with Gasteiger partial charge in [-0.15, -0.1) is 0 Å². The Bertz CT molecular complexity index is 1030. The monoisotopic (exact) mass is 381 g/mol. The number of aromatic nitrogens is 2. The number of nitrogens with two attached hydrogens (primary N) is 2. The van der Waals surface area contributed by atoms with Crippen molar-refractivity contribution in [2.24, 2.45) is 0 Å². The quantitative estimate of drug-likeness (QED) is 0.694. The Balaban J connectivity index is 2.01. The van der Waals surface area contributed by atoms with Gasteiger partial charge in [0, 0.05) is 10.6 Å². The number of nitrogens with zero attached hydrogens (tertiary/aromatic N) is 3. The molecule has 0 aliphatic heterocycles. The highest BCUT2D eigenvalue weighted by Gasteiger charge is 2.18. The van der Waals surface area contributed by atoms with Crippen molar-refractivity contribution in [3.63, 3.8) is 0 Å². The maximum atomic E-state index is 9.44. The maximum Gasteiger partial charge on any atom is 0.222 e. The van der Waals surface area contributed by atoms with Gasteiger partial charge in [0.2, 0.25) is 5.95 Å². The van der Waals surface area contributed by atoms with Crippen LogP contribution in [0.1, 0.15) is 11.1 Å². The van der Waals surface area contributed by atoms with Crippen molar-refractivity contribution >= 4 is 23.4 Å². The summed E-state index contributed by atoms with van der Waals surface area (Å²) in [6.07, 6.45) is 0. The molecule has 2 aromatic carbocycles. The van der Waals surface area contributed by atoms with Crippen molar-refractivity contribution in [2.45, 2.75) is 6.61 Å². The molecule has 7 nitrogen and oxygen atoms in total. The Morgan fingerprint density at radius 2 is 1.96 bits per heavy atom. The van der Waals surface area contributed by atoms with Gasteiger partial charge in [0.1, 0.15) is 35.6 Å². The zero-order valence-electron chi connectivity index (χ0n) is 14.4. The second-order valence-electron chi connectivity index (χ2n) is 5.58. The Morgan fingerprint density at radius 3 is 2.70 bits per heavy atom. The first-order chi connectivity index (χ1) is 13.0. The maximum absolute atomic E-state index is 9.44. The summed E-state index contributed by atoms with van der Waals surface area (Å²) in [4.78, 5) is 7.99. The van der Waals surface area contributed by atoms with Crippen LogP contribution in [-0.4, -0.2) is 17.1 Å². The molecule has 136 valence electrons. The summed E-state index contributed by atoms with van der Waals surface area (Å²) >= 11 is 6.14. The number of rotatable bonds is 5. The van der Waals surface area contributed by atoms with E-state index in [-0.39, 0.29) is 29.6 Å². The van der Waals surface area contributed by atoms with Crippen LogP contribution in [0.3, 0.4) is 0 Å². The normalized spacial score (nSPS) is 10.3. The standard InChI is InChI=1S/C19H16ClN5O2/c1-26-13-4-2-3-11(7-13)10-27-16-6-5-12(20)8-14(16)17-15(9-21)18(22)25-19(23)24-17/h2-8H,10H2,1H3,(H4,22,23,24,25). The molecular formula is C19H16ClN5O2. The summed E-state index contributed by atoms with van der Waals surface area (Å²) in [6, 6.07) is 14.5. The Labute approximate surface area is 161 Å². The van der Waals surface area contributed by atoms with Gasteiger partial charge >= 0.3 is 0 Å². The minimum Gasteiger partial charge on any atom is -0.497 e. The van der Waals surface area contributed by atoms with Gasteiger partial charge in [-0.2, -0.15) is 10.2 Å². The molecule has 0 bridgehead atoms. The number of anilines is 2. The molecule has 0 spiro atoms. The molecule has 3 aromatic rings. The molecule has 0 aliphatic rings. The van der Waals surface area contributed by atoms with E-state index in [9.17, 15) is 5.26 Å². The van der Waals surface area contributed by atoms with Crippen molar-refractivity contribution < 1.29 is 9.47 Å². The van der Waals surface area contributed by atoms with Crippen LogP contribution >= 0.6 is 11.6 Å². The van der Waals surface area contributed by atoms with Crippen molar-refractivity contribution in [1.82, 2.24) is 9.97 Å². The van der Waals surface area contributed by atoms with Gasteiger partial charge in [0.05, 0.1) is 12.8 Å². The second-order valence-corrected chi connectivity index (χ2v) is 6.02. The van der Waals surface area contributed by atoms with Crippen molar-refractivity contribution in [2.75, 3.05) is 18.6 Å². The van der Waals surface area contributed by atoms with E-state index in [1.54, 1.807) is 25.3 Å². The number of nitriles is 1. The third kappa shape index (κ3) is 4.02. The van der Waals surface area contributed by atoms with Gasteiger partial charge in [-0.25, -0.2) is 4.98 Å². The molecule has 0 fully saturated rings. The van der Waals surface area contributed by atoms with Gasteiger partial charge in [0.15, 0.2) is 0 Å². The van der Waals surface area contributed by atoms with Crippen LogP contribution in [0, 0.1) is 11.3 Å². The van der Waals surface area contributed by atoms with Crippen molar-refractivity contribution in [1.29, 1.82) is 5.26 Å². The lowest BCUT2D eigenvalue weighted by molar-refractivity contribution is 0.306. The smallest absolute Gasteiger partial charge is 0.222 e. The Morgan fingerprint density at radius 1 is 1.15 bits per heavy atom. The van der Waals surface area contributed by atoms with Crippen LogP contribution in [0.5, 0.6) is 11.5 Å². The second kappa shape index (κ2) is 7.81. The molecule has 0 saturated carbocycles. The fraction of sp³-hybridized carbons (Fsp3) is 0.105. The number of methoxy groups -OCH3 is 1. The number of hydrogen-bond donors (Lipinski definition) is 2. The average Bonchev–Trinajstić information content (AvgIpc) is 2.66. The molecule has 4 N–H and O–H groups in total. The molecule has 0 aliphatic carbocycles. The van der Waals surface area contributed by atoms with E-state index >= 15 is 0 Å². The predicted molar refractivity (Wildman–Crippen MR) is 103 cm³/mol. The number of halogens is 1. The summed E-state index contributed by atoms with van der Waals surface area (Å²) in [7, 11) is 1.60. The van der Waals surface area contributed by atoms with Gasteiger partial charge in [0.25, 0.3) is 0 Å². The van der Waals surface area contributed by atoms with E-state index in [0.29, 0.717) is 16.3 Å². The first kappa shape index (κ1) is 18.3. The average molecular weight is 382 g/mol. The van der Waals surface area contributed by atoms with Crippen LogP contribution in [0.4, 0.5) is 11.8 Å². The van der Waals surface area contributed by atoms with Crippen molar-refractivity contribution in [3.8, 4) is 28.8 Å². The largest absolute Gasteiger partial charge is 0.497 e. The lowest BCUT2D eigenvalue weighted by atomic mass is 10.1. The fourth-order valence-corrected chi connectivity index (χ4v) is 2.71. The van der Waals surface area contributed by atoms with Gasteiger partial charge < -0.3 is 20.9 Å². The minimum atomic E-state index is -0.0415. The zero-order valence-corrected chi connectivity index (χ0v) is 15.2. The number of hydrogen-bond acceptors (Lipinski definition) is 7. The highest BCUT2D eigenvalue weighted by molar-refractivity contribution is 6.31. The number of nitrogen functional groups attached to an aromatic ring is 2. The summed E-state index contributed by atoms with van der Waals surface area (Å²) in [5.74, 6) is 1.17. The Hall–Kier alpha value is -3.50. The van der Waals surface area contributed by atoms with E-state index in [2.05, 4.69) is 9.97 Å². The summed E-state index contributed by atoms with van der Waals surface area (Å²) in [5, 5.41) is 9.90. The lowest BCUT2D eigenvalue weighted by Crippen LogP contribution is -2.06. The number of benzene rings is 2. The van der Waals surface area contributed by atoms with E-state index in [0.717, 1.165) is 11.3 Å². The SMILES string of the molecule is COc1cccc(COc2ccc(Cl)cc2-c2nc(N)nc(N)c2C#N)c1. The molecule has 1 heterocycles. The van der Waals surface area contributed by atoms with E-state index in [4.69, 9.17) is 32.5 Å². The first-order valence-corrected chi connectivity index (χ1v) is 8.28. The molecule has 0 atom stereocenters. The van der Waals surface area contributed by atoms with Crippen LogP contribution in [0.15, 0.2) is 42.5 Å². The van der Waals surface area contributed by atoms with Gasteiger partial charge in [-0.1, -0.05) is 23.7 Å². The van der Waals surface area contributed by atoms with Crippen LogP contribution < -0.4 is 20.9 Å². The van der Waals surface area contributed by atoms with E-state index in [1.165, 1.54) is 0 Å². The minimum absolute atomic E-state index is 0.00118. The van der Waals surface area contributed by atoms with Crippen molar-refractivity contribution in [3.05, 3.63) is 58.6 Å². The molecule has 0 unspecified atom stereocenters. The molecule has 8 heteroatoms. The molecular weight excluding hydrogens is 366 g/mol. The third-order valence-corrected chi connectivity index (χ3v) is 4.03. The van der Waals surface area contributed by atoms with E-state index in [1.807, 2.05) is 30.3 Å². The molecule has 0 radical (unpaired) electrons. The van der Waals surface area contributed by atoms with Crippen LogP contribution in [0.2, 0.25) is 5.02 Å². The third-order valence-electron chi connectivity index (χ3n) is 3.79. The molecule has 1 aromatic heterocycles. The topological polar surface area (TPSA) is 120 Å². The zero-order chi connectivity index (χ0) is 19.4.